The maximum atomic E-state index is 13.0. The number of fused-ring (bicyclic) bond motifs is 1. The molecule has 0 amide bonds. The van der Waals surface area contributed by atoms with Crippen molar-refractivity contribution in [3.8, 4) is 28.6 Å². The van der Waals surface area contributed by atoms with Crippen molar-refractivity contribution in [2.24, 2.45) is 0 Å². The van der Waals surface area contributed by atoms with Crippen LogP contribution in [0.1, 0.15) is 12.8 Å². The van der Waals surface area contributed by atoms with Gasteiger partial charge in [-0.2, -0.15) is 0 Å². The topological polar surface area (TPSA) is 70.4 Å². The van der Waals surface area contributed by atoms with Gasteiger partial charge in [-0.3, -0.25) is 9.69 Å². The zero-order valence-corrected chi connectivity index (χ0v) is 18.6. The van der Waals surface area contributed by atoms with Gasteiger partial charge in [0.25, 0.3) is 0 Å². The Balaban J connectivity index is 1.50. The van der Waals surface area contributed by atoms with Crippen LogP contribution < -0.4 is 19.6 Å². The Morgan fingerprint density at radius 3 is 2.41 bits per heavy atom. The molecule has 0 unspecified atom stereocenters. The molecule has 1 aliphatic heterocycles. The van der Waals surface area contributed by atoms with E-state index in [0.717, 1.165) is 57.0 Å². The summed E-state index contributed by atoms with van der Waals surface area (Å²) in [6, 6.07) is 12.3. The first-order chi connectivity index (χ1) is 15.7. The van der Waals surface area contributed by atoms with Gasteiger partial charge >= 0.3 is 0 Å². The second-order valence-electron chi connectivity index (χ2n) is 7.71. The summed E-state index contributed by atoms with van der Waals surface area (Å²) in [7, 11) is 3.19. The summed E-state index contributed by atoms with van der Waals surface area (Å²) in [4.78, 5) is 15.4. The number of hydrogen-bond acceptors (Lipinski definition) is 7. The van der Waals surface area contributed by atoms with Crippen LogP contribution in [0, 0.1) is 0 Å². The van der Waals surface area contributed by atoms with Crippen molar-refractivity contribution in [3.05, 3.63) is 52.7 Å². The minimum atomic E-state index is -0.150. The maximum absolute atomic E-state index is 13.0. The van der Waals surface area contributed by atoms with Gasteiger partial charge < -0.3 is 23.4 Å². The van der Waals surface area contributed by atoms with E-state index in [-0.39, 0.29) is 5.43 Å². The summed E-state index contributed by atoms with van der Waals surface area (Å²) in [6.07, 6.45) is 1.92. The molecule has 0 aliphatic carbocycles. The van der Waals surface area contributed by atoms with Gasteiger partial charge in [0.2, 0.25) is 0 Å². The number of morpholine rings is 1. The van der Waals surface area contributed by atoms with E-state index < -0.39 is 0 Å². The quantitative estimate of drug-likeness (QED) is 0.467. The molecule has 1 aromatic heterocycles. The van der Waals surface area contributed by atoms with Crippen molar-refractivity contribution in [1.82, 2.24) is 4.90 Å². The molecule has 170 valence electrons. The molecule has 1 saturated heterocycles. The van der Waals surface area contributed by atoms with E-state index in [1.54, 1.807) is 26.4 Å². The fraction of sp³-hybridized carbons (Fsp3) is 0.400. The summed E-state index contributed by atoms with van der Waals surface area (Å²) in [5.74, 6) is 2.29. The fourth-order valence-corrected chi connectivity index (χ4v) is 3.80. The Labute approximate surface area is 187 Å². The monoisotopic (exact) mass is 439 g/mol. The highest BCUT2D eigenvalue weighted by Crippen LogP contribution is 2.32. The molecule has 0 bridgehead atoms. The van der Waals surface area contributed by atoms with Gasteiger partial charge in [-0.15, -0.1) is 0 Å². The van der Waals surface area contributed by atoms with Crippen LogP contribution in [0.25, 0.3) is 22.3 Å². The average molecular weight is 440 g/mol. The summed E-state index contributed by atoms with van der Waals surface area (Å²) in [5.41, 5.74) is 1.08. The molecule has 0 radical (unpaired) electrons. The van der Waals surface area contributed by atoms with Gasteiger partial charge in [0.1, 0.15) is 34.0 Å². The minimum absolute atomic E-state index is 0.150. The van der Waals surface area contributed by atoms with Crippen LogP contribution in [-0.4, -0.2) is 58.6 Å². The zero-order valence-electron chi connectivity index (χ0n) is 18.6. The number of methoxy groups -OCH3 is 2. The Morgan fingerprint density at radius 1 is 0.938 bits per heavy atom. The largest absolute Gasteiger partial charge is 0.497 e. The first-order valence-electron chi connectivity index (χ1n) is 10.9. The second-order valence-corrected chi connectivity index (χ2v) is 7.71. The van der Waals surface area contributed by atoms with Crippen molar-refractivity contribution >= 4 is 11.0 Å². The van der Waals surface area contributed by atoms with Crippen LogP contribution in [0.5, 0.6) is 17.2 Å². The average Bonchev–Trinajstić information content (AvgIpc) is 2.84. The smallest absolute Gasteiger partial charge is 0.197 e. The van der Waals surface area contributed by atoms with E-state index in [4.69, 9.17) is 23.4 Å². The third-order valence-electron chi connectivity index (χ3n) is 5.61. The van der Waals surface area contributed by atoms with Crippen LogP contribution >= 0.6 is 0 Å². The van der Waals surface area contributed by atoms with E-state index >= 15 is 0 Å². The molecule has 0 saturated carbocycles. The third-order valence-corrected chi connectivity index (χ3v) is 5.61. The van der Waals surface area contributed by atoms with Gasteiger partial charge in [-0.05, 0) is 43.7 Å². The lowest BCUT2D eigenvalue weighted by Crippen LogP contribution is -2.36. The van der Waals surface area contributed by atoms with Crippen molar-refractivity contribution in [1.29, 1.82) is 0 Å². The molecule has 0 N–H and O–H groups in total. The highest BCUT2D eigenvalue weighted by atomic mass is 16.5. The second kappa shape index (κ2) is 10.5. The van der Waals surface area contributed by atoms with Crippen molar-refractivity contribution in [3.63, 3.8) is 0 Å². The number of benzene rings is 2. The predicted molar refractivity (Wildman–Crippen MR) is 123 cm³/mol. The van der Waals surface area contributed by atoms with E-state index in [2.05, 4.69) is 4.90 Å². The Hall–Kier alpha value is -3.03. The lowest BCUT2D eigenvalue weighted by atomic mass is 10.1. The molecule has 7 heteroatoms. The van der Waals surface area contributed by atoms with E-state index in [1.807, 2.05) is 24.3 Å². The first-order valence-corrected chi connectivity index (χ1v) is 10.9. The molecule has 1 fully saturated rings. The normalized spacial score (nSPS) is 14.4. The van der Waals surface area contributed by atoms with Gasteiger partial charge in [0.05, 0.1) is 34.0 Å². The molecule has 0 spiro atoms. The summed E-state index contributed by atoms with van der Waals surface area (Å²) in [6.45, 7) is 5.13. The minimum Gasteiger partial charge on any atom is -0.497 e. The molecule has 1 aliphatic rings. The number of hydrogen-bond donors (Lipinski definition) is 0. The van der Waals surface area contributed by atoms with Crippen LogP contribution in [-0.2, 0) is 4.74 Å². The number of nitrogens with zero attached hydrogens (tertiary/aromatic N) is 1. The molecule has 2 aromatic carbocycles. The highest BCUT2D eigenvalue weighted by Gasteiger charge is 2.15. The zero-order chi connectivity index (χ0) is 22.3. The molecule has 32 heavy (non-hydrogen) atoms. The molecular formula is C25H29NO6. The first kappa shape index (κ1) is 22.2. The Bertz CT molecular complexity index is 1090. The lowest BCUT2D eigenvalue weighted by Gasteiger charge is -2.26. The van der Waals surface area contributed by atoms with E-state index in [1.165, 1.54) is 6.07 Å². The SMILES string of the molecule is COc1ccc(-c2cc(=O)c3c(OCCCCN4CCOCC4)cc(OC)cc3o2)cc1. The molecular weight excluding hydrogens is 410 g/mol. The maximum Gasteiger partial charge on any atom is 0.197 e. The third kappa shape index (κ3) is 5.23. The number of ether oxygens (including phenoxy) is 4. The number of rotatable bonds is 9. The molecule has 0 atom stereocenters. The van der Waals surface area contributed by atoms with Gasteiger partial charge in [-0.25, -0.2) is 0 Å². The van der Waals surface area contributed by atoms with E-state index in [9.17, 15) is 4.79 Å². The number of unbranched alkanes of at least 4 members (excludes halogenated alkanes) is 1. The van der Waals surface area contributed by atoms with Crippen LogP contribution in [0.3, 0.4) is 0 Å². The summed E-state index contributed by atoms with van der Waals surface area (Å²) in [5, 5.41) is 0.427. The van der Waals surface area contributed by atoms with E-state index in [0.29, 0.717) is 34.8 Å². The van der Waals surface area contributed by atoms with Crippen LogP contribution in [0.15, 0.2) is 51.7 Å². The molecule has 7 nitrogen and oxygen atoms in total. The Morgan fingerprint density at radius 2 is 1.69 bits per heavy atom. The summed E-state index contributed by atoms with van der Waals surface area (Å²) < 4.78 is 28.1. The fourth-order valence-electron chi connectivity index (χ4n) is 3.80. The van der Waals surface area contributed by atoms with Crippen LogP contribution in [0.4, 0.5) is 0 Å². The lowest BCUT2D eigenvalue weighted by molar-refractivity contribution is 0.0368. The molecule has 2 heterocycles. The van der Waals surface area contributed by atoms with Gasteiger partial charge in [-0.1, -0.05) is 0 Å². The standard InChI is InChI=1S/C25H29NO6/c1-28-19-7-5-18(6-8-19)22-17-21(27)25-23(15-20(29-2)16-24(25)32-22)31-12-4-3-9-26-10-13-30-14-11-26/h5-8,15-17H,3-4,9-14H2,1-2H3. The molecule has 4 rings (SSSR count). The van der Waals surface area contributed by atoms with Crippen molar-refractivity contribution < 1.29 is 23.4 Å². The summed E-state index contributed by atoms with van der Waals surface area (Å²) >= 11 is 0. The predicted octanol–water partition coefficient (Wildman–Crippen LogP) is 3.97. The molecule has 3 aromatic rings. The van der Waals surface area contributed by atoms with Gasteiger partial charge in [0.15, 0.2) is 5.43 Å². The van der Waals surface area contributed by atoms with Crippen LogP contribution in [0.2, 0.25) is 0 Å². The van der Waals surface area contributed by atoms with Gasteiger partial charge in [0, 0.05) is 36.9 Å². The van der Waals surface area contributed by atoms with Crippen molar-refractivity contribution in [2.45, 2.75) is 12.8 Å². The Kier molecular flexibility index (Phi) is 7.29. The van der Waals surface area contributed by atoms with Crippen molar-refractivity contribution in [2.75, 3.05) is 53.7 Å². The highest BCUT2D eigenvalue weighted by molar-refractivity contribution is 5.86.